The molecule has 0 bridgehead atoms. The zero-order chi connectivity index (χ0) is 99.0. The van der Waals surface area contributed by atoms with Gasteiger partial charge in [-0.2, -0.15) is 0 Å². The Kier molecular flexibility index (Phi) is 31.1. The van der Waals surface area contributed by atoms with Crippen molar-refractivity contribution in [1.29, 1.82) is 0 Å². The molecule has 0 atom stereocenters. The van der Waals surface area contributed by atoms with Crippen LogP contribution in [0, 0.1) is 50.9 Å². The van der Waals surface area contributed by atoms with Gasteiger partial charge in [0, 0.05) is 46.5 Å². The van der Waals surface area contributed by atoms with E-state index >= 15 is 0 Å². The van der Waals surface area contributed by atoms with Crippen molar-refractivity contribution in [3.05, 3.63) is 410 Å². The average molecular weight is 1890 g/mol. The molecule has 14 aromatic carbocycles. The maximum atomic E-state index is 2.58. The summed E-state index contributed by atoms with van der Waals surface area (Å²) in [5.74, 6) is 2.19. The van der Waals surface area contributed by atoms with Crippen molar-refractivity contribution < 1.29 is 18.3 Å². The van der Waals surface area contributed by atoms with Gasteiger partial charge in [-0.05, 0) is 210 Å². The van der Waals surface area contributed by atoms with Crippen molar-refractivity contribution in [1.82, 2.24) is 0 Å². The van der Waals surface area contributed by atoms with Crippen molar-refractivity contribution in [3.8, 4) is 89.5 Å². The molecule has 139 heavy (non-hydrogen) atoms. The van der Waals surface area contributed by atoms with E-state index in [1.165, 1.54) is 201 Å². The highest BCUT2D eigenvalue weighted by Crippen LogP contribution is 2.42. The largest absolute Gasteiger partial charge is 0.220 e. The summed E-state index contributed by atoms with van der Waals surface area (Å²) in [6.45, 7) is 50.4. The number of hydrogen-bond donors (Lipinski definition) is 0. The van der Waals surface area contributed by atoms with Crippen LogP contribution in [0.5, 0.6) is 0 Å². The van der Waals surface area contributed by atoms with Crippen LogP contribution in [0.4, 0.5) is 0 Å². The minimum Gasteiger partial charge on any atom is -0.200 e. The zero-order valence-corrected chi connectivity index (χ0v) is 91.9. The molecule has 0 spiro atoms. The molecule has 0 aliphatic heterocycles. The van der Waals surface area contributed by atoms with E-state index in [9.17, 15) is 0 Å². The molecule has 18 aromatic rings. The van der Waals surface area contributed by atoms with Crippen molar-refractivity contribution in [3.63, 3.8) is 0 Å². The van der Waals surface area contributed by atoms with Crippen LogP contribution in [0.2, 0.25) is 63.5 Å². The first-order valence-electron chi connectivity index (χ1n) is 50.7. The Morgan fingerprint density at radius 1 is 0.259 bits per heavy atom. The van der Waals surface area contributed by atoms with E-state index in [4.69, 9.17) is 0 Å². The van der Waals surface area contributed by atoms with Crippen molar-refractivity contribution in [2.45, 2.75) is 178 Å². The normalized spacial score (nSPS) is 12.1. The number of benzene rings is 14. The number of rotatable bonds is 23. The van der Waals surface area contributed by atoms with Gasteiger partial charge in [0.1, 0.15) is 28.2 Å². The van der Waals surface area contributed by atoms with E-state index in [1.54, 1.807) is 10.4 Å². The zero-order valence-electron chi connectivity index (χ0n) is 87.9. The predicted molar refractivity (Wildman–Crippen MR) is 612 cm³/mol. The highest BCUT2D eigenvalue weighted by Gasteiger charge is 2.43. The Morgan fingerprint density at radius 3 is 0.806 bits per heavy atom. The lowest BCUT2D eigenvalue weighted by Gasteiger charge is -2.41. The van der Waals surface area contributed by atoms with E-state index in [0.717, 1.165) is 23.8 Å². The second-order valence-electron chi connectivity index (χ2n) is 44.7. The molecule has 4 heterocycles. The van der Waals surface area contributed by atoms with Crippen LogP contribution in [0.3, 0.4) is 0 Å². The SMILES string of the molecule is Cc1cc(-c2ccccc2)ccc1-c1c2ccc([Si](C)(C)C(C)(C)c3ccccc3)cc2cc[n+]1C.Cc1cc(-c2ccccc2)ccc1-c1c2ccc([Si](C)(C)CC(C)(C)C)cc2cc[n+]1C.Cc1cc(-c2ccccc2)ccc1-c1c2ccc([Si](C)(C)Cc3ccccc3)cc2cc[n+]1C.Cc1cc(-c2ccccc2)ccc1-c1c2ccc([Si](CC(C)C)(CC(C)C)CC(C)C)cc2cc[n+]1C. The van der Waals surface area contributed by atoms with Crippen LogP contribution < -0.4 is 39.0 Å². The van der Waals surface area contributed by atoms with Crippen molar-refractivity contribution in [2.24, 2.45) is 51.4 Å². The molecule has 18 rings (SSSR count). The highest BCUT2D eigenvalue weighted by molar-refractivity contribution is 6.93. The standard InChI is InChI=1S/C35H46NSi.C34H36NSi.C32H32NSi.C30H36NSi/c1-25(2)22-37(23-26(3)4,24-27(5)6)32-15-17-34-31(21-32)18-19-36(8)35(34)33-16-14-30(20-28(33)7)29-12-10-9-11-13-29;1-25-23-27(26-13-9-7-10-14-26)17-19-31(25)33-32-20-18-30(24-28(32)21-22-35(33)4)36(5,6)34(2,3)29-15-11-8-12-16-29;1-24-21-27(26-13-9-6-10-14-26)15-17-30(24)32-31-18-16-29(22-28(31)19-20-33(32)2)34(3,4)23-25-11-7-5-8-12-25;1-22-19-24(23-11-9-8-10-12-23)13-15-27(22)29-28-16-14-26(20-25(28)17-18-31(29)5)32(6,7)21-30(2,3)4/h9-21,25-27H,22-24H2,1-8H3;7-24H,1-6H3;5-22H,23H2,1-4H3;8-20H,21H2,1-7H3/q4*+1. The fourth-order valence-electron chi connectivity index (χ4n) is 22.5. The predicted octanol–water partition coefficient (Wildman–Crippen LogP) is 30.9. The number of nitrogens with zero attached hydrogens (tertiary/aromatic N) is 4. The fraction of sp³-hybridized carbons (Fsp3) is 0.267. The first-order valence-corrected chi connectivity index (χ1v) is 62.8. The summed E-state index contributed by atoms with van der Waals surface area (Å²) in [7, 11) is 2.05. The molecule has 0 fully saturated rings. The van der Waals surface area contributed by atoms with E-state index in [-0.39, 0.29) is 5.04 Å². The molecule has 4 aromatic heterocycles. The van der Waals surface area contributed by atoms with E-state index in [0.29, 0.717) is 5.41 Å². The highest BCUT2D eigenvalue weighted by atomic mass is 28.3. The Hall–Kier alpha value is -12.4. The summed E-state index contributed by atoms with van der Waals surface area (Å²) in [5.41, 5.74) is 28.9. The summed E-state index contributed by atoms with van der Waals surface area (Å²) in [6.07, 6.45) is 8.88. The molecule has 0 aliphatic carbocycles. The topological polar surface area (TPSA) is 15.5 Å². The molecule has 0 saturated carbocycles. The maximum Gasteiger partial charge on any atom is 0.220 e. The van der Waals surface area contributed by atoms with Crippen LogP contribution in [0.15, 0.2) is 377 Å². The number of hydrogen-bond acceptors (Lipinski definition) is 0. The molecule has 8 heteroatoms. The fourth-order valence-corrected chi connectivity index (χ4v) is 38.4. The second kappa shape index (κ2) is 42.7. The Bertz CT molecular complexity index is 7330. The Balaban J connectivity index is 0.000000141. The van der Waals surface area contributed by atoms with Gasteiger partial charge in [-0.3, -0.25) is 0 Å². The van der Waals surface area contributed by atoms with Crippen LogP contribution in [-0.4, -0.2) is 32.3 Å². The maximum absolute atomic E-state index is 2.58. The molecule has 0 radical (unpaired) electrons. The minimum atomic E-state index is -1.84. The lowest BCUT2D eigenvalue weighted by atomic mass is 9.95. The number of aromatic nitrogens is 4. The van der Waals surface area contributed by atoms with Gasteiger partial charge < -0.3 is 0 Å². The van der Waals surface area contributed by atoms with Crippen LogP contribution in [-0.2, 0) is 39.3 Å². The summed E-state index contributed by atoms with van der Waals surface area (Å²) in [5, 5.41) is 17.0. The van der Waals surface area contributed by atoms with Crippen molar-refractivity contribution >= 4 is 96.1 Å². The third kappa shape index (κ3) is 23.0. The summed E-state index contributed by atoms with van der Waals surface area (Å²) >= 11 is 0. The molecular formula is C131H150N4Si4+4. The lowest BCUT2D eigenvalue weighted by molar-refractivity contribution is -0.659. The van der Waals surface area contributed by atoms with Crippen LogP contribution >= 0.6 is 0 Å². The van der Waals surface area contributed by atoms with Crippen molar-refractivity contribution in [2.75, 3.05) is 0 Å². The number of pyridine rings is 4. The van der Waals surface area contributed by atoms with Gasteiger partial charge in [-0.15, -0.1) is 0 Å². The minimum absolute atomic E-state index is 0.119. The smallest absolute Gasteiger partial charge is 0.200 e. The molecule has 706 valence electrons. The molecule has 0 aliphatic rings. The van der Waals surface area contributed by atoms with Gasteiger partial charge in [-0.1, -0.05) is 439 Å². The van der Waals surface area contributed by atoms with E-state index in [1.807, 2.05) is 0 Å². The molecule has 0 saturated heterocycles. The Labute approximate surface area is 837 Å². The summed E-state index contributed by atoms with van der Waals surface area (Å²) in [4.78, 5) is 0. The van der Waals surface area contributed by atoms with Gasteiger partial charge >= 0.3 is 0 Å². The first-order chi connectivity index (χ1) is 66.3. The molecular weight excluding hydrogens is 1740 g/mol. The summed E-state index contributed by atoms with van der Waals surface area (Å²) in [6, 6.07) is 137. The third-order valence-electron chi connectivity index (χ3n) is 29.7. The third-order valence-corrected chi connectivity index (χ3v) is 48.2. The molecule has 0 N–H and O–H groups in total. The lowest BCUT2D eigenvalue weighted by Crippen LogP contribution is -2.57. The number of fused-ring (bicyclic) bond motifs is 4. The van der Waals surface area contributed by atoms with Gasteiger partial charge in [0.05, 0.1) is 53.8 Å². The Morgan fingerprint density at radius 2 is 0.518 bits per heavy atom. The molecule has 4 nitrogen and oxygen atoms in total. The average Bonchev–Trinajstić information content (AvgIpc) is 0.750. The monoisotopic (exact) mass is 1890 g/mol. The quantitative estimate of drug-likeness (QED) is 0.0448. The first kappa shape index (κ1) is 101. The van der Waals surface area contributed by atoms with E-state index < -0.39 is 32.3 Å². The van der Waals surface area contributed by atoms with Gasteiger partial charge in [0.25, 0.3) is 0 Å². The van der Waals surface area contributed by atoms with Gasteiger partial charge in [0.2, 0.25) is 22.8 Å². The summed E-state index contributed by atoms with van der Waals surface area (Å²) < 4.78 is 9.10. The second-order valence-corrected chi connectivity index (χ2v) is 63.6. The number of aryl methyl sites for hydroxylation is 8. The van der Waals surface area contributed by atoms with E-state index in [2.05, 4.69) is 566 Å². The molecule has 0 amide bonds. The van der Waals surface area contributed by atoms with Gasteiger partial charge in [-0.25, -0.2) is 18.3 Å². The van der Waals surface area contributed by atoms with Crippen LogP contribution in [0.1, 0.15) is 110 Å². The van der Waals surface area contributed by atoms with Gasteiger partial charge in [0.15, 0.2) is 24.8 Å². The van der Waals surface area contributed by atoms with Crippen LogP contribution in [0.25, 0.3) is 133 Å². The molecule has 0 unspecified atom stereocenters.